The molecule has 0 saturated heterocycles. The highest BCUT2D eigenvalue weighted by Crippen LogP contribution is 2.26. The maximum absolute atomic E-state index is 9.83. The van der Waals surface area contributed by atoms with E-state index in [2.05, 4.69) is 6.92 Å². The Morgan fingerprint density at radius 3 is 1.93 bits per heavy atom. The van der Waals surface area contributed by atoms with Gasteiger partial charge in [-0.05, 0) is 19.3 Å². The predicted molar refractivity (Wildman–Crippen MR) is 60.0 cm³/mol. The summed E-state index contributed by atoms with van der Waals surface area (Å²) in [6.45, 7) is 6.19. The zero-order valence-corrected chi connectivity index (χ0v) is 9.92. The first-order valence-corrected chi connectivity index (χ1v) is 6.03. The van der Waals surface area contributed by atoms with Gasteiger partial charge in [0, 0.05) is 12.3 Å². The average Bonchev–Trinajstić information content (AvgIpc) is 2.14. The summed E-state index contributed by atoms with van der Waals surface area (Å²) in [7, 11) is 0. The van der Waals surface area contributed by atoms with Crippen molar-refractivity contribution in [2.75, 3.05) is 0 Å². The molecule has 0 aromatic rings. The monoisotopic (exact) mass is 202 g/mol. The maximum atomic E-state index is 9.83. The molecule has 0 bridgehead atoms. The Balaban J connectivity index is 3.80. The highest BCUT2D eigenvalue weighted by Gasteiger charge is 2.30. The van der Waals surface area contributed by atoms with Crippen molar-refractivity contribution >= 4 is 0 Å². The van der Waals surface area contributed by atoms with Crippen molar-refractivity contribution < 1.29 is 10.2 Å². The van der Waals surface area contributed by atoms with Crippen LogP contribution in [-0.4, -0.2) is 16.0 Å². The molecule has 0 radical (unpaired) electrons. The van der Waals surface area contributed by atoms with Gasteiger partial charge in [0.2, 0.25) is 0 Å². The van der Waals surface area contributed by atoms with Gasteiger partial charge in [-0.25, -0.2) is 0 Å². The largest absolute Gasteiger partial charge is 0.365 e. The minimum Gasteiger partial charge on any atom is -0.365 e. The van der Waals surface area contributed by atoms with Crippen molar-refractivity contribution in [1.29, 1.82) is 0 Å². The Kier molecular flexibility index (Phi) is 7.20. The van der Waals surface area contributed by atoms with E-state index in [9.17, 15) is 10.2 Å². The Hall–Kier alpha value is -0.0800. The SMILES string of the molecule is CCCCCCC(O)(O)C(CC)CC. The molecule has 0 atom stereocenters. The van der Waals surface area contributed by atoms with Gasteiger partial charge >= 0.3 is 0 Å². The van der Waals surface area contributed by atoms with E-state index >= 15 is 0 Å². The molecule has 0 amide bonds. The summed E-state index contributed by atoms with van der Waals surface area (Å²) in [6, 6.07) is 0. The molecule has 0 aliphatic rings. The lowest BCUT2D eigenvalue weighted by molar-refractivity contribution is -0.206. The normalized spacial score (nSPS) is 12.4. The molecule has 2 heteroatoms. The van der Waals surface area contributed by atoms with Crippen LogP contribution in [0.5, 0.6) is 0 Å². The fourth-order valence-corrected chi connectivity index (χ4v) is 1.96. The van der Waals surface area contributed by atoms with Crippen molar-refractivity contribution in [3.8, 4) is 0 Å². The van der Waals surface area contributed by atoms with Crippen molar-refractivity contribution in [3.63, 3.8) is 0 Å². The molecule has 0 fully saturated rings. The van der Waals surface area contributed by atoms with Gasteiger partial charge in [-0.2, -0.15) is 0 Å². The summed E-state index contributed by atoms with van der Waals surface area (Å²) in [5.74, 6) is -1.40. The topological polar surface area (TPSA) is 40.5 Å². The Morgan fingerprint density at radius 2 is 1.50 bits per heavy atom. The second kappa shape index (κ2) is 7.24. The van der Waals surface area contributed by atoms with Gasteiger partial charge < -0.3 is 10.2 Å². The van der Waals surface area contributed by atoms with Crippen LogP contribution in [0.2, 0.25) is 0 Å². The molecule has 0 aliphatic carbocycles. The number of hydrogen-bond donors (Lipinski definition) is 2. The van der Waals surface area contributed by atoms with Crippen LogP contribution in [0, 0.1) is 5.92 Å². The summed E-state index contributed by atoms with van der Waals surface area (Å²) in [5.41, 5.74) is 0. The number of rotatable bonds is 8. The molecule has 0 rings (SSSR count). The average molecular weight is 202 g/mol. The van der Waals surface area contributed by atoms with Crippen LogP contribution in [0.1, 0.15) is 65.7 Å². The van der Waals surface area contributed by atoms with Crippen molar-refractivity contribution in [3.05, 3.63) is 0 Å². The summed E-state index contributed by atoms with van der Waals surface area (Å²) in [6.07, 6.45) is 6.64. The van der Waals surface area contributed by atoms with Crippen LogP contribution < -0.4 is 0 Å². The first kappa shape index (κ1) is 13.9. The van der Waals surface area contributed by atoms with Crippen molar-refractivity contribution in [1.82, 2.24) is 0 Å². The van der Waals surface area contributed by atoms with Gasteiger partial charge in [0.15, 0.2) is 5.79 Å². The highest BCUT2D eigenvalue weighted by atomic mass is 16.5. The molecule has 2 N–H and O–H groups in total. The number of aliphatic hydroxyl groups is 2. The van der Waals surface area contributed by atoms with Crippen LogP contribution in [0.25, 0.3) is 0 Å². The quantitative estimate of drug-likeness (QED) is 0.469. The van der Waals surface area contributed by atoms with E-state index in [1.165, 1.54) is 12.8 Å². The second-order valence-corrected chi connectivity index (χ2v) is 4.20. The van der Waals surface area contributed by atoms with E-state index in [1.807, 2.05) is 13.8 Å². The van der Waals surface area contributed by atoms with Gasteiger partial charge in [0.25, 0.3) is 0 Å². The van der Waals surface area contributed by atoms with Gasteiger partial charge in [-0.1, -0.05) is 40.0 Å². The maximum Gasteiger partial charge on any atom is 0.165 e. The molecule has 14 heavy (non-hydrogen) atoms. The van der Waals surface area contributed by atoms with Gasteiger partial charge in [0.05, 0.1) is 0 Å². The van der Waals surface area contributed by atoms with Crippen molar-refractivity contribution in [2.24, 2.45) is 5.92 Å². The third-order valence-corrected chi connectivity index (χ3v) is 3.04. The van der Waals surface area contributed by atoms with Gasteiger partial charge in [0.1, 0.15) is 0 Å². The standard InChI is InChI=1S/C12H26O2/c1-4-7-8-9-10-12(13,14)11(5-2)6-3/h11,13-14H,4-10H2,1-3H3. The van der Waals surface area contributed by atoms with E-state index in [-0.39, 0.29) is 5.92 Å². The first-order chi connectivity index (χ1) is 6.58. The molecule has 0 unspecified atom stereocenters. The third-order valence-electron chi connectivity index (χ3n) is 3.04. The molecule has 0 spiro atoms. The number of hydrogen-bond acceptors (Lipinski definition) is 2. The van der Waals surface area contributed by atoms with E-state index in [0.29, 0.717) is 6.42 Å². The molecule has 0 aromatic heterocycles. The Labute approximate surface area is 88.3 Å². The lowest BCUT2D eigenvalue weighted by Crippen LogP contribution is -2.37. The van der Waals surface area contributed by atoms with Crippen LogP contribution in [0.4, 0.5) is 0 Å². The van der Waals surface area contributed by atoms with Crippen LogP contribution >= 0.6 is 0 Å². The summed E-state index contributed by atoms with van der Waals surface area (Å²) < 4.78 is 0. The summed E-state index contributed by atoms with van der Waals surface area (Å²) in [4.78, 5) is 0. The fourth-order valence-electron chi connectivity index (χ4n) is 1.96. The minimum absolute atomic E-state index is 0.0316. The van der Waals surface area contributed by atoms with E-state index in [1.54, 1.807) is 0 Å². The van der Waals surface area contributed by atoms with E-state index in [0.717, 1.165) is 25.7 Å². The minimum atomic E-state index is -1.43. The van der Waals surface area contributed by atoms with Gasteiger partial charge in [-0.15, -0.1) is 0 Å². The molecule has 86 valence electrons. The zero-order chi connectivity index (χ0) is 11.0. The molecular formula is C12H26O2. The van der Waals surface area contributed by atoms with E-state index in [4.69, 9.17) is 0 Å². The Bertz CT molecular complexity index is 128. The summed E-state index contributed by atoms with van der Waals surface area (Å²) in [5, 5.41) is 19.7. The molecular weight excluding hydrogens is 176 g/mol. The fraction of sp³-hybridized carbons (Fsp3) is 1.00. The van der Waals surface area contributed by atoms with Crippen LogP contribution in [0.15, 0.2) is 0 Å². The Morgan fingerprint density at radius 1 is 0.929 bits per heavy atom. The number of unbranched alkanes of at least 4 members (excludes halogenated alkanes) is 3. The molecule has 2 nitrogen and oxygen atoms in total. The van der Waals surface area contributed by atoms with Crippen LogP contribution in [-0.2, 0) is 0 Å². The molecule has 0 aromatic carbocycles. The van der Waals surface area contributed by atoms with Crippen LogP contribution in [0.3, 0.4) is 0 Å². The lowest BCUT2D eigenvalue weighted by Gasteiger charge is -2.30. The van der Waals surface area contributed by atoms with Crippen molar-refractivity contribution in [2.45, 2.75) is 71.5 Å². The first-order valence-electron chi connectivity index (χ1n) is 6.03. The second-order valence-electron chi connectivity index (χ2n) is 4.20. The zero-order valence-electron chi connectivity index (χ0n) is 9.92. The smallest absolute Gasteiger partial charge is 0.165 e. The molecule has 0 aliphatic heterocycles. The lowest BCUT2D eigenvalue weighted by atomic mass is 9.89. The summed E-state index contributed by atoms with van der Waals surface area (Å²) >= 11 is 0. The predicted octanol–water partition coefficient (Wildman–Crippen LogP) is 3.07. The molecule has 0 heterocycles. The van der Waals surface area contributed by atoms with Gasteiger partial charge in [-0.3, -0.25) is 0 Å². The highest BCUT2D eigenvalue weighted by molar-refractivity contribution is 4.73. The third kappa shape index (κ3) is 4.97. The molecule has 0 saturated carbocycles. The van der Waals surface area contributed by atoms with E-state index < -0.39 is 5.79 Å².